The molecule has 1 rings (SSSR count). The second-order valence-electron chi connectivity index (χ2n) is 4.24. The lowest BCUT2D eigenvalue weighted by Crippen LogP contribution is -2.27. The van der Waals surface area contributed by atoms with Gasteiger partial charge in [0.25, 0.3) is 0 Å². The molecule has 1 N–H and O–H groups in total. The van der Waals surface area contributed by atoms with Crippen LogP contribution in [0.5, 0.6) is 5.75 Å². The minimum Gasteiger partial charge on any atom is -0.481 e. The van der Waals surface area contributed by atoms with Crippen LogP contribution >= 0.6 is 27.5 Å². The highest BCUT2D eigenvalue weighted by Crippen LogP contribution is 2.27. The molecule has 1 aromatic carbocycles. The van der Waals surface area contributed by atoms with Gasteiger partial charge in [-0.25, -0.2) is 4.79 Å². The SMILES string of the molecule is CC(=N)C(C#N)C(=O)COC(=O)COc1ccc(Cl)cc1Br. The summed E-state index contributed by atoms with van der Waals surface area (Å²) in [6.45, 7) is 0.376. The number of Topliss-reactive ketones (excluding diaryl/α,β-unsaturated/α-hetero) is 1. The number of hydrogen-bond donors (Lipinski definition) is 1. The molecule has 0 saturated carbocycles. The Kier molecular flexibility index (Phi) is 7.02. The summed E-state index contributed by atoms with van der Waals surface area (Å²) in [6, 6.07) is 6.46. The fourth-order valence-electron chi connectivity index (χ4n) is 1.42. The fraction of sp³-hybridized carbons (Fsp3) is 0.286. The van der Waals surface area contributed by atoms with Gasteiger partial charge in [0, 0.05) is 10.7 Å². The first kappa shape index (κ1) is 18.1. The van der Waals surface area contributed by atoms with Crippen LogP contribution in [0.3, 0.4) is 0 Å². The average Bonchev–Trinajstić information content (AvgIpc) is 2.44. The van der Waals surface area contributed by atoms with Crippen molar-refractivity contribution in [2.24, 2.45) is 5.92 Å². The summed E-state index contributed by atoms with van der Waals surface area (Å²) in [6.07, 6.45) is 0. The van der Waals surface area contributed by atoms with Gasteiger partial charge >= 0.3 is 5.97 Å². The van der Waals surface area contributed by atoms with E-state index in [1.807, 2.05) is 0 Å². The molecule has 0 fully saturated rings. The number of halogens is 2. The average molecular weight is 388 g/mol. The van der Waals surface area contributed by atoms with Gasteiger partial charge in [0.05, 0.1) is 10.5 Å². The first-order chi connectivity index (χ1) is 10.3. The molecule has 22 heavy (non-hydrogen) atoms. The Labute approximate surface area is 140 Å². The monoisotopic (exact) mass is 386 g/mol. The predicted molar refractivity (Wildman–Crippen MR) is 83.1 cm³/mol. The molecule has 0 aromatic heterocycles. The quantitative estimate of drug-likeness (QED) is 0.573. The van der Waals surface area contributed by atoms with Crippen LogP contribution in [0.1, 0.15) is 6.92 Å². The molecule has 0 heterocycles. The second-order valence-corrected chi connectivity index (χ2v) is 5.53. The smallest absolute Gasteiger partial charge is 0.344 e. The highest BCUT2D eigenvalue weighted by atomic mass is 79.9. The zero-order valence-corrected chi connectivity index (χ0v) is 13.9. The maximum absolute atomic E-state index is 11.6. The van der Waals surface area contributed by atoms with Crippen molar-refractivity contribution < 1.29 is 19.1 Å². The molecular weight excluding hydrogens is 376 g/mol. The van der Waals surface area contributed by atoms with E-state index < -0.39 is 30.9 Å². The van der Waals surface area contributed by atoms with Gasteiger partial charge in [-0.05, 0) is 41.1 Å². The van der Waals surface area contributed by atoms with Crippen LogP contribution in [0.25, 0.3) is 0 Å². The van der Waals surface area contributed by atoms with Crippen LogP contribution in [-0.4, -0.2) is 30.7 Å². The summed E-state index contributed by atoms with van der Waals surface area (Å²) in [7, 11) is 0. The van der Waals surface area contributed by atoms with Crippen LogP contribution in [0.4, 0.5) is 0 Å². The highest BCUT2D eigenvalue weighted by Gasteiger charge is 2.21. The standard InChI is InChI=1S/C14H12BrClN2O4/c1-8(18)10(5-17)12(19)6-22-14(20)7-21-13-3-2-9(16)4-11(13)15/h2-4,10,18H,6-7H2,1H3. The minimum atomic E-state index is -1.20. The molecule has 0 bridgehead atoms. The van der Waals surface area contributed by atoms with Crippen molar-refractivity contribution in [2.75, 3.05) is 13.2 Å². The molecule has 0 amide bonds. The Morgan fingerprint density at radius 2 is 2.14 bits per heavy atom. The van der Waals surface area contributed by atoms with Gasteiger partial charge < -0.3 is 14.9 Å². The van der Waals surface area contributed by atoms with E-state index in [9.17, 15) is 9.59 Å². The summed E-state index contributed by atoms with van der Waals surface area (Å²) in [5.74, 6) is -2.19. The zero-order chi connectivity index (χ0) is 16.7. The normalized spacial score (nSPS) is 11.2. The Morgan fingerprint density at radius 1 is 1.45 bits per heavy atom. The Bertz CT molecular complexity index is 642. The number of nitrogens with zero attached hydrogens (tertiary/aromatic N) is 1. The van der Waals surface area contributed by atoms with Gasteiger partial charge in [-0.15, -0.1) is 0 Å². The summed E-state index contributed by atoms with van der Waals surface area (Å²) in [4.78, 5) is 23.1. The largest absolute Gasteiger partial charge is 0.481 e. The lowest BCUT2D eigenvalue weighted by Gasteiger charge is -2.09. The summed E-state index contributed by atoms with van der Waals surface area (Å²) < 4.78 is 10.5. The molecule has 0 spiro atoms. The van der Waals surface area contributed by atoms with E-state index in [0.29, 0.717) is 15.2 Å². The number of carbonyl (C=O) groups is 2. The number of nitrogens with one attached hydrogen (secondary N) is 1. The molecule has 116 valence electrons. The van der Waals surface area contributed by atoms with E-state index in [4.69, 9.17) is 31.7 Å². The third-order valence-electron chi connectivity index (χ3n) is 2.50. The van der Waals surface area contributed by atoms with Crippen LogP contribution in [0, 0.1) is 22.7 Å². The highest BCUT2D eigenvalue weighted by molar-refractivity contribution is 9.10. The van der Waals surface area contributed by atoms with Crippen LogP contribution in [-0.2, 0) is 14.3 Å². The molecule has 8 heteroatoms. The van der Waals surface area contributed by atoms with Crippen molar-refractivity contribution in [1.29, 1.82) is 10.7 Å². The number of hydrogen-bond acceptors (Lipinski definition) is 6. The number of carbonyl (C=O) groups excluding carboxylic acids is 2. The Balaban J connectivity index is 2.46. The molecule has 0 aliphatic heterocycles. The van der Waals surface area contributed by atoms with Gasteiger partial charge in [0.2, 0.25) is 0 Å². The molecule has 1 aromatic rings. The molecule has 1 unspecified atom stereocenters. The summed E-state index contributed by atoms with van der Waals surface area (Å²) in [5, 5.41) is 16.5. The molecule has 0 aliphatic rings. The number of ketones is 1. The molecular formula is C14H12BrClN2O4. The van der Waals surface area contributed by atoms with Crippen molar-refractivity contribution >= 4 is 45.0 Å². The third kappa shape index (κ3) is 5.47. The molecule has 1 atom stereocenters. The fourth-order valence-corrected chi connectivity index (χ4v) is 2.21. The minimum absolute atomic E-state index is 0.0927. The number of nitriles is 1. The molecule has 0 radical (unpaired) electrons. The molecule has 0 aliphatic carbocycles. The maximum Gasteiger partial charge on any atom is 0.344 e. The Hall–Kier alpha value is -1.91. The van der Waals surface area contributed by atoms with Crippen LogP contribution < -0.4 is 4.74 Å². The number of esters is 1. The maximum atomic E-state index is 11.6. The Morgan fingerprint density at radius 3 is 2.68 bits per heavy atom. The van der Waals surface area contributed by atoms with E-state index in [-0.39, 0.29) is 5.71 Å². The first-order valence-corrected chi connectivity index (χ1v) is 7.23. The third-order valence-corrected chi connectivity index (χ3v) is 3.35. The number of ether oxygens (including phenoxy) is 2. The van der Waals surface area contributed by atoms with Crippen LogP contribution in [0.15, 0.2) is 22.7 Å². The van der Waals surface area contributed by atoms with Crippen molar-refractivity contribution in [3.05, 3.63) is 27.7 Å². The van der Waals surface area contributed by atoms with Gasteiger partial charge in [0.15, 0.2) is 19.0 Å². The first-order valence-electron chi connectivity index (χ1n) is 6.06. The van der Waals surface area contributed by atoms with Crippen molar-refractivity contribution in [3.8, 4) is 11.8 Å². The van der Waals surface area contributed by atoms with Gasteiger partial charge in [-0.1, -0.05) is 11.6 Å². The number of benzene rings is 1. The van der Waals surface area contributed by atoms with Gasteiger partial charge in [-0.2, -0.15) is 5.26 Å². The van der Waals surface area contributed by atoms with Crippen molar-refractivity contribution in [2.45, 2.75) is 6.92 Å². The van der Waals surface area contributed by atoms with Crippen molar-refractivity contribution in [1.82, 2.24) is 0 Å². The predicted octanol–water partition coefficient (Wildman–Crippen LogP) is 2.77. The van der Waals surface area contributed by atoms with Gasteiger partial charge in [0.1, 0.15) is 11.7 Å². The van der Waals surface area contributed by atoms with E-state index in [2.05, 4.69) is 15.9 Å². The van der Waals surface area contributed by atoms with E-state index >= 15 is 0 Å². The van der Waals surface area contributed by atoms with E-state index in [1.165, 1.54) is 6.92 Å². The number of rotatable bonds is 7. The van der Waals surface area contributed by atoms with E-state index in [0.717, 1.165) is 0 Å². The summed E-state index contributed by atoms with van der Waals surface area (Å²) >= 11 is 9.00. The second kappa shape index (κ2) is 8.51. The molecule has 0 saturated heterocycles. The topological polar surface area (TPSA) is 100 Å². The van der Waals surface area contributed by atoms with Gasteiger partial charge in [-0.3, -0.25) is 4.79 Å². The lowest BCUT2D eigenvalue weighted by molar-refractivity contribution is -0.150. The van der Waals surface area contributed by atoms with Crippen LogP contribution in [0.2, 0.25) is 5.02 Å². The van der Waals surface area contributed by atoms with E-state index in [1.54, 1.807) is 24.3 Å². The summed E-state index contributed by atoms with van der Waals surface area (Å²) in [5.41, 5.74) is -0.0927. The molecule has 6 nitrogen and oxygen atoms in total. The van der Waals surface area contributed by atoms with Crippen molar-refractivity contribution in [3.63, 3.8) is 0 Å². The lowest BCUT2D eigenvalue weighted by atomic mass is 10.0. The zero-order valence-electron chi connectivity index (χ0n) is 11.6.